The molecule has 2 heterocycles. The number of nitrogen functional groups attached to an aromatic ring is 1. The summed E-state index contributed by atoms with van der Waals surface area (Å²) in [6.07, 6.45) is 1.40. The minimum atomic E-state index is -0.686. The molecule has 2 aromatic heterocycles. The Kier molecular flexibility index (Phi) is 2.93. The fourth-order valence-electron chi connectivity index (χ4n) is 2.11. The van der Waals surface area contributed by atoms with Gasteiger partial charge in [-0.25, -0.2) is 4.98 Å². The minimum Gasteiger partial charge on any atom is -0.458 e. The van der Waals surface area contributed by atoms with Crippen LogP contribution in [-0.4, -0.2) is 10.1 Å². The summed E-state index contributed by atoms with van der Waals surface area (Å²) in [5.74, 6) is 1.02. The van der Waals surface area contributed by atoms with Crippen LogP contribution in [-0.2, 0) is 6.42 Å². The molecule has 0 aliphatic rings. The van der Waals surface area contributed by atoms with E-state index in [1.54, 1.807) is 12.3 Å². The molecule has 96 valence electrons. The van der Waals surface area contributed by atoms with Gasteiger partial charge in [-0.15, -0.1) is 0 Å². The topological polar surface area (TPSA) is 72.3 Å². The molecule has 0 spiro atoms. The Balaban J connectivity index is 1.85. The Hall–Kier alpha value is -2.33. The molecule has 3 N–H and O–H groups in total. The molecule has 0 saturated carbocycles. The van der Waals surface area contributed by atoms with Gasteiger partial charge in [0.15, 0.2) is 0 Å². The van der Waals surface area contributed by atoms with E-state index in [4.69, 9.17) is 10.2 Å². The normalized spacial score (nSPS) is 12.7. The Labute approximate surface area is 110 Å². The molecule has 4 nitrogen and oxygen atoms in total. The molecule has 0 saturated heterocycles. The lowest BCUT2D eigenvalue weighted by atomic mass is 10.1. The van der Waals surface area contributed by atoms with Gasteiger partial charge in [-0.2, -0.15) is 0 Å². The van der Waals surface area contributed by atoms with Crippen LogP contribution in [0.5, 0.6) is 0 Å². The van der Waals surface area contributed by atoms with Crippen molar-refractivity contribution in [1.29, 1.82) is 0 Å². The van der Waals surface area contributed by atoms with Gasteiger partial charge in [0, 0.05) is 18.0 Å². The van der Waals surface area contributed by atoms with E-state index in [0.717, 1.165) is 16.5 Å². The molecule has 1 aromatic carbocycles. The van der Waals surface area contributed by atoms with Gasteiger partial charge in [-0.3, -0.25) is 0 Å². The van der Waals surface area contributed by atoms with Gasteiger partial charge in [0.25, 0.3) is 0 Å². The van der Waals surface area contributed by atoms with Gasteiger partial charge in [-0.1, -0.05) is 18.2 Å². The highest BCUT2D eigenvalue weighted by molar-refractivity contribution is 5.77. The summed E-state index contributed by atoms with van der Waals surface area (Å²) in [4.78, 5) is 3.93. The third-order valence-corrected chi connectivity index (χ3v) is 3.05. The van der Waals surface area contributed by atoms with E-state index in [0.29, 0.717) is 18.0 Å². The molecule has 4 heteroatoms. The molecule has 3 rings (SSSR count). The zero-order valence-electron chi connectivity index (χ0n) is 10.3. The Morgan fingerprint density at radius 3 is 2.84 bits per heavy atom. The van der Waals surface area contributed by atoms with Crippen LogP contribution < -0.4 is 5.73 Å². The van der Waals surface area contributed by atoms with E-state index in [1.165, 1.54) is 0 Å². The molecule has 0 bridgehead atoms. The standard InChI is InChI=1S/C15H14N2O2/c16-15-8-10(5-6-17-15)7-12(18)14-9-11-3-1-2-4-13(11)19-14/h1-6,8-9,12,18H,7H2,(H2,16,17). The summed E-state index contributed by atoms with van der Waals surface area (Å²) in [5.41, 5.74) is 7.33. The van der Waals surface area contributed by atoms with E-state index < -0.39 is 6.10 Å². The van der Waals surface area contributed by atoms with E-state index in [-0.39, 0.29) is 0 Å². The Morgan fingerprint density at radius 2 is 2.05 bits per heavy atom. The predicted molar refractivity (Wildman–Crippen MR) is 73.5 cm³/mol. The number of pyridine rings is 1. The lowest BCUT2D eigenvalue weighted by Gasteiger charge is -2.07. The van der Waals surface area contributed by atoms with E-state index in [1.807, 2.05) is 36.4 Å². The zero-order valence-corrected chi connectivity index (χ0v) is 10.3. The van der Waals surface area contributed by atoms with Crippen molar-refractivity contribution in [1.82, 2.24) is 4.98 Å². The van der Waals surface area contributed by atoms with Gasteiger partial charge in [-0.05, 0) is 29.8 Å². The maximum absolute atomic E-state index is 10.2. The number of anilines is 1. The van der Waals surface area contributed by atoms with Crippen LogP contribution in [0.4, 0.5) is 5.82 Å². The van der Waals surface area contributed by atoms with Crippen LogP contribution in [0.3, 0.4) is 0 Å². The number of hydrogen-bond acceptors (Lipinski definition) is 4. The van der Waals surface area contributed by atoms with Gasteiger partial charge in [0.2, 0.25) is 0 Å². The molecule has 19 heavy (non-hydrogen) atoms. The highest BCUT2D eigenvalue weighted by atomic mass is 16.4. The highest BCUT2D eigenvalue weighted by Crippen LogP contribution is 2.26. The predicted octanol–water partition coefficient (Wildman–Crippen LogP) is 2.69. The number of nitrogens with two attached hydrogens (primary N) is 1. The summed E-state index contributed by atoms with van der Waals surface area (Å²) in [6, 6.07) is 13.2. The summed E-state index contributed by atoms with van der Waals surface area (Å²) >= 11 is 0. The first-order valence-electron chi connectivity index (χ1n) is 6.09. The second-order valence-corrected chi connectivity index (χ2v) is 4.50. The molecule has 0 amide bonds. The first-order chi connectivity index (χ1) is 9.22. The first-order valence-corrected chi connectivity index (χ1v) is 6.09. The van der Waals surface area contributed by atoms with Crippen LogP contribution in [0.25, 0.3) is 11.0 Å². The maximum atomic E-state index is 10.2. The fraction of sp³-hybridized carbons (Fsp3) is 0.133. The number of aliphatic hydroxyl groups excluding tert-OH is 1. The lowest BCUT2D eigenvalue weighted by Crippen LogP contribution is -2.01. The third kappa shape index (κ3) is 2.44. The molecule has 3 aromatic rings. The second-order valence-electron chi connectivity index (χ2n) is 4.50. The molecular weight excluding hydrogens is 240 g/mol. The minimum absolute atomic E-state index is 0.451. The third-order valence-electron chi connectivity index (χ3n) is 3.05. The quantitative estimate of drug-likeness (QED) is 0.753. The number of aliphatic hydroxyl groups is 1. The van der Waals surface area contributed by atoms with E-state index in [9.17, 15) is 5.11 Å². The number of para-hydroxylation sites is 1. The molecule has 1 atom stereocenters. The number of aromatic nitrogens is 1. The van der Waals surface area contributed by atoms with Gasteiger partial charge in [0.05, 0.1) is 0 Å². The lowest BCUT2D eigenvalue weighted by molar-refractivity contribution is 0.152. The second kappa shape index (κ2) is 4.74. The van der Waals surface area contributed by atoms with Crippen molar-refractivity contribution >= 4 is 16.8 Å². The van der Waals surface area contributed by atoms with Crippen LogP contribution in [0.2, 0.25) is 0 Å². The monoisotopic (exact) mass is 254 g/mol. The molecule has 0 radical (unpaired) electrons. The SMILES string of the molecule is Nc1cc(CC(O)c2cc3ccccc3o2)ccn1. The van der Waals surface area contributed by atoms with Crippen molar-refractivity contribution in [2.24, 2.45) is 0 Å². The molecule has 0 aliphatic heterocycles. The Bertz CT molecular complexity index is 673. The largest absolute Gasteiger partial charge is 0.458 e. The van der Waals surface area contributed by atoms with E-state index >= 15 is 0 Å². The number of furan rings is 1. The average Bonchev–Trinajstić information content (AvgIpc) is 2.82. The molecule has 0 fully saturated rings. The van der Waals surface area contributed by atoms with Crippen molar-refractivity contribution in [3.8, 4) is 0 Å². The zero-order chi connectivity index (χ0) is 13.2. The van der Waals surface area contributed by atoms with Gasteiger partial charge in [0.1, 0.15) is 23.3 Å². The maximum Gasteiger partial charge on any atom is 0.134 e. The average molecular weight is 254 g/mol. The van der Waals surface area contributed by atoms with Crippen molar-refractivity contribution in [3.05, 3.63) is 60.0 Å². The number of nitrogens with zero attached hydrogens (tertiary/aromatic N) is 1. The number of fused-ring (bicyclic) bond motifs is 1. The van der Waals surface area contributed by atoms with Crippen molar-refractivity contribution in [3.63, 3.8) is 0 Å². The fourth-order valence-corrected chi connectivity index (χ4v) is 2.11. The van der Waals surface area contributed by atoms with Crippen molar-refractivity contribution in [2.45, 2.75) is 12.5 Å². The van der Waals surface area contributed by atoms with Crippen LogP contribution in [0, 0.1) is 0 Å². The van der Waals surface area contributed by atoms with Crippen molar-refractivity contribution < 1.29 is 9.52 Å². The molecule has 1 unspecified atom stereocenters. The van der Waals surface area contributed by atoms with Crippen LogP contribution in [0.15, 0.2) is 53.1 Å². The first kappa shape index (κ1) is 11.7. The number of hydrogen-bond donors (Lipinski definition) is 2. The molecule has 0 aliphatic carbocycles. The van der Waals surface area contributed by atoms with Crippen LogP contribution in [0.1, 0.15) is 17.4 Å². The highest BCUT2D eigenvalue weighted by Gasteiger charge is 2.14. The summed E-state index contributed by atoms with van der Waals surface area (Å²) < 4.78 is 5.64. The number of rotatable bonds is 3. The summed E-state index contributed by atoms with van der Waals surface area (Å²) in [6.45, 7) is 0. The smallest absolute Gasteiger partial charge is 0.134 e. The van der Waals surface area contributed by atoms with Gasteiger partial charge < -0.3 is 15.3 Å². The molecular formula is C15H14N2O2. The van der Waals surface area contributed by atoms with Gasteiger partial charge >= 0.3 is 0 Å². The number of benzene rings is 1. The summed E-state index contributed by atoms with van der Waals surface area (Å²) in [7, 11) is 0. The van der Waals surface area contributed by atoms with E-state index in [2.05, 4.69) is 4.98 Å². The van der Waals surface area contributed by atoms with Crippen molar-refractivity contribution in [2.75, 3.05) is 5.73 Å². The summed E-state index contributed by atoms with van der Waals surface area (Å²) in [5, 5.41) is 11.2. The Morgan fingerprint density at radius 1 is 1.21 bits per heavy atom. The van der Waals surface area contributed by atoms with Crippen LogP contribution >= 0.6 is 0 Å².